The Kier molecular flexibility index (Phi) is 5.34. The molecule has 1 N–H and O–H groups in total. The molecule has 1 aliphatic carbocycles. The number of pyridine rings is 1. The molecule has 0 bridgehead atoms. The second-order valence-electron chi connectivity index (χ2n) is 6.19. The summed E-state index contributed by atoms with van der Waals surface area (Å²) in [5, 5.41) is 3.41. The number of aromatic nitrogens is 1. The molecule has 2 rings (SSSR count). The number of rotatable bonds is 7. The molecule has 1 aliphatic rings. The normalized spacial score (nSPS) is 16.1. The predicted octanol–water partition coefficient (Wildman–Crippen LogP) is 2.81. The maximum absolute atomic E-state index is 4.57. The molecule has 1 fully saturated rings. The number of hydrogen-bond acceptors (Lipinski definition) is 3. The van der Waals surface area contributed by atoms with Crippen LogP contribution in [0.4, 0.5) is 0 Å². The third-order valence-electron chi connectivity index (χ3n) is 3.83. The van der Waals surface area contributed by atoms with Crippen molar-refractivity contribution in [3.63, 3.8) is 0 Å². The van der Waals surface area contributed by atoms with E-state index in [0.29, 0.717) is 6.04 Å². The summed E-state index contributed by atoms with van der Waals surface area (Å²) < 4.78 is 0. The minimum atomic E-state index is 0.522. The van der Waals surface area contributed by atoms with Gasteiger partial charge in [-0.2, -0.15) is 0 Å². The molecule has 0 aromatic carbocycles. The molecule has 0 saturated heterocycles. The molecule has 0 radical (unpaired) electrons. The summed E-state index contributed by atoms with van der Waals surface area (Å²) in [7, 11) is 2.20. The van der Waals surface area contributed by atoms with Gasteiger partial charge >= 0.3 is 0 Å². The summed E-state index contributed by atoms with van der Waals surface area (Å²) in [5.74, 6) is 0.930. The van der Waals surface area contributed by atoms with Gasteiger partial charge in [-0.15, -0.1) is 0 Å². The summed E-state index contributed by atoms with van der Waals surface area (Å²) >= 11 is 0. The highest BCUT2D eigenvalue weighted by Crippen LogP contribution is 2.26. The molecule has 0 spiro atoms. The first kappa shape index (κ1) is 14.5. The average molecular weight is 261 g/mol. The highest BCUT2D eigenvalue weighted by Gasteiger charge is 2.19. The Morgan fingerprint density at radius 3 is 2.68 bits per heavy atom. The molecule has 1 heterocycles. The maximum Gasteiger partial charge on any atom is 0.0544 e. The monoisotopic (exact) mass is 261 g/mol. The molecule has 0 unspecified atom stereocenters. The van der Waals surface area contributed by atoms with Gasteiger partial charge in [-0.05, 0) is 37.4 Å². The van der Waals surface area contributed by atoms with E-state index in [1.54, 1.807) is 0 Å². The van der Waals surface area contributed by atoms with Gasteiger partial charge in [0.2, 0.25) is 0 Å². The number of hydrogen-bond donors (Lipinski definition) is 1. The van der Waals surface area contributed by atoms with Crippen LogP contribution in [-0.4, -0.2) is 29.5 Å². The average Bonchev–Trinajstić information content (AvgIpc) is 2.33. The quantitative estimate of drug-likeness (QED) is 0.818. The summed E-state index contributed by atoms with van der Waals surface area (Å²) in [6, 6.07) is 4.87. The van der Waals surface area contributed by atoms with Gasteiger partial charge < -0.3 is 10.2 Å². The lowest BCUT2D eigenvalue weighted by Gasteiger charge is -2.29. The van der Waals surface area contributed by atoms with Crippen molar-refractivity contribution in [2.24, 2.45) is 5.92 Å². The lowest BCUT2D eigenvalue weighted by atomic mass is 9.85. The standard InChI is InChI=1S/C16H27N3/c1-13(2)17-9-15-7-8-16(18-10-15)12-19(3)11-14-5-4-6-14/h7-8,10,13-14,17H,4-6,9,11-12H2,1-3H3. The molecule has 106 valence electrons. The van der Waals surface area contributed by atoms with Gasteiger partial charge in [-0.3, -0.25) is 4.98 Å². The molecule has 3 heteroatoms. The van der Waals surface area contributed by atoms with Gasteiger partial charge in [0, 0.05) is 31.9 Å². The third-order valence-corrected chi connectivity index (χ3v) is 3.83. The third kappa shape index (κ3) is 4.92. The summed E-state index contributed by atoms with van der Waals surface area (Å²) in [6.07, 6.45) is 6.26. The molecule has 0 amide bonds. The first-order valence-corrected chi connectivity index (χ1v) is 7.49. The van der Waals surface area contributed by atoms with E-state index in [1.165, 1.54) is 37.1 Å². The molecule has 0 aliphatic heterocycles. The van der Waals surface area contributed by atoms with Crippen molar-refractivity contribution >= 4 is 0 Å². The SMILES string of the molecule is CC(C)NCc1ccc(CN(C)CC2CCC2)nc1. The Morgan fingerprint density at radius 2 is 2.16 bits per heavy atom. The van der Waals surface area contributed by atoms with Crippen molar-refractivity contribution < 1.29 is 0 Å². The predicted molar refractivity (Wildman–Crippen MR) is 79.9 cm³/mol. The molecular weight excluding hydrogens is 234 g/mol. The number of nitrogens with zero attached hydrogens (tertiary/aromatic N) is 2. The number of nitrogens with one attached hydrogen (secondary N) is 1. The molecule has 1 saturated carbocycles. The lowest BCUT2D eigenvalue weighted by Crippen LogP contribution is -2.29. The lowest BCUT2D eigenvalue weighted by molar-refractivity contribution is 0.199. The van der Waals surface area contributed by atoms with Crippen molar-refractivity contribution in [3.05, 3.63) is 29.6 Å². The van der Waals surface area contributed by atoms with Crippen LogP contribution >= 0.6 is 0 Å². The first-order chi connectivity index (χ1) is 9.13. The van der Waals surface area contributed by atoms with Crippen LogP contribution in [0.5, 0.6) is 0 Å². The van der Waals surface area contributed by atoms with Crippen LogP contribution in [0.1, 0.15) is 44.4 Å². The maximum atomic E-state index is 4.57. The van der Waals surface area contributed by atoms with Crippen molar-refractivity contribution in [2.75, 3.05) is 13.6 Å². The van der Waals surface area contributed by atoms with E-state index in [-0.39, 0.29) is 0 Å². The zero-order chi connectivity index (χ0) is 13.7. The van der Waals surface area contributed by atoms with Gasteiger partial charge in [-0.25, -0.2) is 0 Å². The summed E-state index contributed by atoms with van der Waals surface area (Å²) in [4.78, 5) is 6.97. The van der Waals surface area contributed by atoms with E-state index in [4.69, 9.17) is 0 Å². The Balaban J connectivity index is 1.77. The minimum Gasteiger partial charge on any atom is -0.310 e. The van der Waals surface area contributed by atoms with E-state index in [1.807, 2.05) is 6.20 Å². The van der Waals surface area contributed by atoms with Crippen molar-refractivity contribution in [1.82, 2.24) is 15.2 Å². The van der Waals surface area contributed by atoms with E-state index in [0.717, 1.165) is 19.0 Å². The van der Waals surface area contributed by atoms with Crippen LogP contribution in [0.25, 0.3) is 0 Å². The smallest absolute Gasteiger partial charge is 0.0544 e. The first-order valence-electron chi connectivity index (χ1n) is 7.49. The Morgan fingerprint density at radius 1 is 1.37 bits per heavy atom. The van der Waals surface area contributed by atoms with Crippen molar-refractivity contribution in [3.8, 4) is 0 Å². The van der Waals surface area contributed by atoms with Gasteiger partial charge in [0.25, 0.3) is 0 Å². The fraction of sp³-hybridized carbons (Fsp3) is 0.688. The van der Waals surface area contributed by atoms with Crippen LogP contribution in [0.15, 0.2) is 18.3 Å². The van der Waals surface area contributed by atoms with Crippen LogP contribution in [-0.2, 0) is 13.1 Å². The van der Waals surface area contributed by atoms with Crippen LogP contribution in [0, 0.1) is 5.92 Å². The van der Waals surface area contributed by atoms with E-state index in [2.05, 4.69) is 48.2 Å². The highest BCUT2D eigenvalue weighted by molar-refractivity contribution is 5.14. The van der Waals surface area contributed by atoms with Crippen LogP contribution < -0.4 is 5.32 Å². The fourth-order valence-corrected chi connectivity index (χ4v) is 2.43. The Bertz CT molecular complexity index is 368. The highest BCUT2D eigenvalue weighted by atomic mass is 15.1. The molecule has 3 nitrogen and oxygen atoms in total. The topological polar surface area (TPSA) is 28.2 Å². The minimum absolute atomic E-state index is 0.522. The molecule has 0 atom stereocenters. The molecular formula is C16H27N3. The van der Waals surface area contributed by atoms with Gasteiger partial charge in [0.05, 0.1) is 5.69 Å². The van der Waals surface area contributed by atoms with Gasteiger partial charge in [0.15, 0.2) is 0 Å². The largest absolute Gasteiger partial charge is 0.310 e. The summed E-state index contributed by atoms with van der Waals surface area (Å²) in [6.45, 7) is 7.42. The molecule has 1 aromatic heterocycles. The second kappa shape index (κ2) is 7.01. The zero-order valence-corrected chi connectivity index (χ0v) is 12.5. The van der Waals surface area contributed by atoms with E-state index < -0.39 is 0 Å². The molecule has 19 heavy (non-hydrogen) atoms. The van der Waals surface area contributed by atoms with Gasteiger partial charge in [-0.1, -0.05) is 26.3 Å². The Labute approximate surface area is 117 Å². The summed E-state index contributed by atoms with van der Waals surface area (Å²) in [5.41, 5.74) is 2.44. The van der Waals surface area contributed by atoms with E-state index in [9.17, 15) is 0 Å². The van der Waals surface area contributed by atoms with Crippen LogP contribution in [0.2, 0.25) is 0 Å². The second-order valence-corrected chi connectivity index (χ2v) is 6.19. The van der Waals surface area contributed by atoms with Crippen LogP contribution in [0.3, 0.4) is 0 Å². The van der Waals surface area contributed by atoms with Crippen molar-refractivity contribution in [2.45, 2.75) is 52.2 Å². The molecule has 1 aromatic rings. The Hall–Kier alpha value is -0.930. The van der Waals surface area contributed by atoms with Crippen molar-refractivity contribution in [1.29, 1.82) is 0 Å². The van der Waals surface area contributed by atoms with Gasteiger partial charge in [0.1, 0.15) is 0 Å². The fourth-order valence-electron chi connectivity index (χ4n) is 2.43. The van der Waals surface area contributed by atoms with E-state index >= 15 is 0 Å². The zero-order valence-electron chi connectivity index (χ0n) is 12.5.